The van der Waals surface area contributed by atoms with E-state index >= 15 is 0 Å². The Kier molecular flexibility index (Phi) is 3.53. The van der Waals surface area contributed by atoms with E-state index in [4.69, 9.17) is 17.9 Å². The van der Waals surface area contributed by atoms with E-state index in [1.54, 1.807) is 17.6 Å². The van der Waals surface area contributed by atoms with E-state index in [1.165, 1.54) is 6.20 Å². The first-order valence-corrected chi connectivity index (χ1v) is 7.40. The van der Waals surface area contributed by atoms with Crippen LogP contribution >= 0.6 is 0 Å². The molecule has 24 heavy (non-hydrogen) atoms. The van der Waals surface area contributed by atoms with Crippen molar-refractivity contribution in [2.45, 2.75) is 20.3 Å². The number of hydrogen-bond acceptors (Lipinski definition) is 5. The van der Waals surface area contributed by atoms with Gasteiger partial charge < -0.3 is 16.6 Å². The molecular weight excluding hydrogens is 306 g/mol. The van der Waals surface area contributed by atoms with Crippen LogP contribution in [0.15, 0.2) is 23.6 Å². The van der Waals surface area contributed by atoms with E-state index in [0.717, 1.165) is 5.70 Å². The highest BCUT2D eigenvalue weighted by atomic mass is 16.3. The highest BCUT2D eigenvalue weighted by molar-refractivity contribution is 6.10. The van der Waals surface area contributed by atoms with Crippen LogP contribution in [0.3, 0.4) is 0 Å². The molecule has 1 atom stereocenters. The van der Waals surface area contributed by atoms with E-state index in [0.29, 0.717) is 17.6 Å². The van der Waals surface area contributed by atoms with E-state index in [-0.39, 0.29) is 34.3 Å². The maximum Gasteiger partial charge on any atom is 0.254 e. The number of terminal acetylenes is 1. The number of rotatable bonds is 2. The van der Waals surface area contributed by atoms with Gasteiger partial charge in [-0.05, 0) is 25.3 Å². The number of aliphatic hydroxyl groups is 1. The summed E-state index contributed by atoms with van der Waals surface area (Å²) in [4.78, 5) is 20.5. The first kappa shape index (κ1) is 15.6. The van der Waals surface area contributed by atoms with Crippen LogP contribution in [0, 0.1) is 18.3 Å². The van der Waals surface area contributed by atoms with Crippen LogP contribution in [0.1, 0.15) is 36.3 Å². The summed E-state index contributed by atoms with van der Waals surface area (Å²) in [5, 5.41) is 10.1. The third-order valence-corrected chi connectivity index (χ3v) is 4.23. The molecule has 7 nitrogen and oxygen atoms in total. The number of nitrogens with two attached hydrogens (primary N) is 2. The van der Waals surface area contributed by atoms with E-state index < -0.39 is 5.91 Å². The van der Waals surface area contributed by atoms with Crippen molar-refractivity contribution in [3.63, 3.8) is 0 Å². The zero-order valence-corrected chi connectivity index (χ0v) is 13.4. The third-order valence-electron chi connectivity index (χ3n) is 4.23. The zero-order chi connectivity index (χ0) is 17.6. The number of fused-ring (bicyclic) bond motifs is 1. The molecule has 1 aliphatic rings. The molecule has 0 saturated carbocycles. The monoisotopic (exact) mass is 323 g/mol. The Morgan fingerprint density at radius 1 is 1.54 bits per heavy atom. The fourth-order valence-corrected chi connectivity index (χ4v) is 3.06. The van der Waals surface area contributed by atoms with Gasteiger partial charge in [-0.3, -0.25) is 9.36 Å². The molecule has 0 fully saturated rings. The molecule has 7 heteroatoms. The van der Waals surface area contributed by atoms with Gasteiger partial charge in [-0.25, -0.2) is 9.97 Å². The summed E-state index contributed by atoms with van der Waals surface area (Å²) < 4.78 is 1.63. The number of amides is 1. The molecule has 3 rings (SSSR count). The summed E-state index contributed by atoms with van der Waals surface area (Å²) in [6, 6.07) is 0. The fraction of sp³-hybridized carbons (Fsp3) is 0.235. The Hall–Kier alpha value is -3.27. The van der Waals surface area contributed by atoms with Gasteiger partial charge in [-0.1, -0.05) is 6.92 Å². The Balaban J connectivity index is 2.44. The average molecular weight is 323 g/mol. The van der Waals surface area contributed by atoms with Crippen LogP contribution in [0.25, 0.3) is 16.9 Å². The fourth-order valence-electron chi connectivity index (χ4n) is 3.06. The average Bonchev–Trinajstić information content (AvgIpc) is 2.83. The first-order chi connectivity index (χ1) is 11.4. The Morgan fingerprint density at radius 2 is 2.25 bits per heavy atom. The Morgan fingerprint density at radius 3 is 2.88 bits per heavy atom. The molecule has 122 valence electrons. The van der Waals surface area contributed by atoms with Crippen molar-refractivity contribution < 1.29 is 9.90 Å². The second-order valence-electron chi connectivity index (χ2n) is 5.77. The lowest BCUT2D eigenvalue weighted by Crippen LogP contribution is -2.17. The minimum Gasteiger partial charge on any atom is -0.508 e. The number of nitrogen functional groups attached to an aromatic ring is 1. The molecule has 2 heterocycles. The van der Waals surface area contributed by atoms with Gasteiger partial charge in [0.1, 0.15) is 28.4 Å². The SMILES string of the molecule is C#Cc1cnc2c(n1)c(C(N)=O)c(N)n2C1=C(C)C(O)=CCC1C. The van der Waals surface area contributed by atoms with Crippen molar-refractivity contribution in [3.05, 3.63) is 34.9 Å². The maximum atomic E-state index is 11.9. The van der Waals surface area contributed by atoms with Crippen molar-refractivity contribution in [1.82, 2.24) is 14.5 Å². The predicted molar refractivity (Wildman–Crippen MR) is 91.8 cm³/mol. The van der Waals surface area contributed by atoms with Crippen LogP contribution in [-0.4, -0.2) is 25.5 Å². The lowest BCUT2D eigenvalue weighted by Gasteiger charge is -2.24. The summed E-state index contributed by atoms with van der Waals surface area (Å²) in [6.07, 6.45) is 9.18. The van der Waals surface area contributed by atoms with Gasteiger partial charge in [0.05, 0.1) is 6.20 Å². The quantitative estimate of drug-likeness (QED) is 0.728. The van der Waals surface area contributed by atoms with Crippen LogP contribution < -0.4 is 11.5 Å². The van der Waals surface area contributed by atoms with Crippen molar-refractivity contribution in [3.8, 4) is 12.3 Å². The molecule has 0 bridgehead atoms. The van der Waals surface area contributed by atoms with Crippen molar-refractivity contribution in [2.24, 2.45) is 11.7 Å². The summed E-state index contributed by atoms with van der Waals surface area (Å²) in [5.74, 6) is 2.06. The summed E-state index contributed by atoms with van der Waals surface area (Å²) in [6.45, 7) is 3.79. The molecule has 2 aromatic heterocycles. The molecule has 0 spiro atoms. The lowest BCUT2D eigenvalue weighted by atomic mass is 9.93. The maximum absolute atomic E-state index is 11.9. The second kappa shape index (κ2) is 5.42. The smallest absolute Gasteiger partial charge is 0.254 e. The molecule has 0 radical (unpaired) electrons. The second-order valence-corrected chi connectivity index (χ2v) is 5.77. The summed E-state index contributed by atoms with van der Waals surface area (Å²) in [5.41, 5.74) is 14.1. The zero-order valence-electron chi connectivity index (χ0n) is 13.4. The van der Waals surface area contributed by atoms with Crippen LogP contribution in [-0.2, 0) is 0 Å². The summed E-state index contributed by atoms with van der Waals surface area (Å²) >= 11 is 0. The van der Waals surface area contributed by atoms with E-state index in [9.17, 15) is 9.90 Å². The molecule has 5 N–H and O–H groups in total. The van der Waals surface area contributed by atoms with Gasteiger partial charge in [0.15, 0.2) is 5.65 Å². The van der Waals surface area contributed by atoms with Crippen molar-refractivity contribution in [1.29, 1.82) is 0 Å². The Labute approximate surface area is 138 Å². The molecule has 0 saturated heterocycles. The normalized spacial score (nSPS) is 17.7. The molecule has 1 unspecified atom stereocenters. The standard InChI is InChI=1S/C17H17N5O2/c1-4-10-7-20-17-13(21-10)12(16(19)24)15(18)22(17)14-8(2)5-6-11(23)9(14)3/h1,6-8,23H,5,18H2,2-3H3,(H2,19,24). The molecule has 2 aromatic rings. The molecule has 1 amide bonds. The number of aliphatic hydroxyl groups excluding tert-OH is 1. The highest BCUT2D eigenvalue weighted by Gasteiger charge is 2.28. The molecular formula is C17H17N5O2. The number of nitrogens with zero attached hydrogens (tertiary/aromatic N) is 3. The molecule has 1 aliphatic carbocycles. The first-order valence-electron chi connectivity index (χ1n) is 7.40. The number of carbonyl (C=O) groups is 1. The van der Waals surface area contributed by atoms with Crippen LogP contribution in [0.4, 0.5) is 5.82 Å². The Bertz CT molecular complexity index is 975. The van der Waals surface area contributed by atoms with Gasteiger partial charge in [0.25, 0.3) is 5.91 Å². The van der Waals surface area contributed by atoms with Gasteiger partial charge >= 0.3 is 0 Å². The van der Waals surface area contributed by atoms with Gasteiger partial charge in [0.2, 0.25) is 0 Å². The van der Waals surface area contributed by atoms with Gasteiger partial charge in [-0.15, -0.1) is 6.42 Å². The third kappa shape index (κ3) is 2.12. The van der Waals surface area contributed by atoms with Gasteiger partial charge in [0, 0.05) is 17.2 Å². The van der Waals surface area contributed by atoms with Crippen molar-refractivity contribution >= 4 is 28.6 Å². The van der Waals surface area contributed by atoms with Crippen molar-refractivity contribution in [2.75, 3.05) is 5.73 Å². The highest BCUT2D eigenvalue weighted by Crippen LogP contribution is 2.38. The molecule has 0 aromatic carbocycles. The minimum absolute atomic E-state index is 0.0636. The topological polar surface area (TPSA) is 120 Å². The summed E-state index contributed by atoms with van der Waals surface area (Å²) in [7, 11) is 0. The van der Waals surface area contributed by atoms with Gasteiger partial charge in [-0.2, -0.15) is 0 Å². The van der Waals surface area contributed by atoms with E-state index in [2.05, 4.69) is 15.9 Å². The molecule has 0 aliphatic heterocycles. The number of anilines is 1. The lowest BCUT2D eigenvalue weighted by molar-refractivity contribution is 0.100. The largest absolute Gasteiger partial charge is 0.508 e. The number of allylic oxidation sites excluding steroid dienone is 3. The number of aromatic nitrogens is 3. The van der Waals surface area contributed by atoms with E-state index in [1.807, 2.05) is 6.92 Å². The number of carbonyl (C=O) groups excluding carboxylic acids is 1. The number of primary amides is 1. The van der Waals surface area contributed by atoms with Crippen LogP contribution in [0.5, 0.6) is 0 Å². The van der Waals surface area contributed by atoms with Crippen LogP contribution in [0.2, 0.25) is 0 Å². The number of hydrogen-bond donors (Lipinski definition) is 3. The minimum atomic E-state index is -0.707. The predicted octanol–water partition coefficient (Wildman–Crippen LogP) is 1.81.